The summed E-state index contributed by atoms with van der Waals surface area (Å²) in [6.07, 6.45) is -0.872. The standard InChI is InChI=1S/C25H22N2O7S/c1-16-14-35-21-20(16)27(25(31)26-22(21)28)15-34-19(12-32-23(29)17-8-4-2-5-9-17)13-33-24(30)18-10-6-3-7-11-18/h2-11,14,19H,12-13,15H2,1H3,(H,26,28,31). The summed E-state index contributed by atoms with van der Waals surface area (Å²) in [7, 11) is 0. The lowest BCUT2D eigenvalue weighted by atomic mass is 10.2. The highest BCUT2D eigenvalue weighted by Crippen LogP contribution is 2.20. The Labute approximate surface area is 203 Å². The van der Waals surface area contributed by atoms with Gasteiger partial charge in [0.2, 0.25) is 0 Å². The van der Waals surface area contributed by atoms with Gasteiger partial charge in [0.1, 0.15) is 30.7 Å². The van der Waals surface area contributed by atoms with Crippen LogP contribution in [-0.2, 0) is 20.9 Å². The summed E-state index contributed by atoms with van der Waals surface area (Å²) in [5.41, 5.74) is 0.833. The first-order chi connectivity index (χ1) is 16.9. The van der Waals surface area contributed by atoms with Crippen molar-refractivity contribution in [1.29, 1.82) is 0 Å². The van der Waals surface area contributed by atoms with Gasteiger partial charge in [0, 0.05) is 0 Å². The molecule has 0 saturated heterocycles. The molecule has 0 radical (unpaired) electrons. The van der Waals surface area contributed by atoms with Crippen molar-refractivity contribution >= 4 is 33.5 Å². The zero-order chi connectivity index (χ0) is 24.8. The molecule has 0 aliphatic rings. The van der Waals surface area contributed by atoms with E-state index in [1.54, 1.807) is 73.0 Å². The number of hydrogen-bond acceptors (Lipinski definition) is 8. The summed E-state index contributed by atoms with van der Waals surface area (Å²) in [4.78, 5) is 51.6. The third-order valence-corrected chi connectivity index (χ3v) is 6.23. The average Bonchev–Trinajstić information content (AvgIpc) is 3.27. The molecule has 0 spiro atoms. The third-order valence-electron chi connectivity index (χ3n) is 5.14. The zero-order valence-corrected chi connectivity index (χ0v) is 19.6. The SMILES string of the molecule is Cc1csc2c(=O)[nH]c(=O)n(COC(COC(=O)c3ccccc3)COC(=O)c3ccccc3)c12. The van der Waals surface area contributed by atoms with Gasteiger partial charge in [-0.3, -0.25) is 14.3 Å². The van der Waals surface area contributed by atoms with E-state index in [1.807, 2.05) is 0 Å². The van der Waals surface area contributed by atoms with Crippen molar-refractivity contribution in [3.05, 3.63) is 104 Å². The van der Waals surface area contributed by atoms with E-state index >= 15 is 0 Å². The fraction of sp³-hybridized carbons (Fsp3) is 0.200. The Balaban J connectivity index is 1.50. The van der Waals surface area contributed by atoms with Crippen molar-refractivity contribution in [1.82, 2.24) is 9.55 Å². The van der Waals surface area contributed by atoms with E-state index in [-0.39, 0.29) is 19.9 Å². The predicted molar refractivity (Wildman–Crippen MR) is 130 cm³/mol. The molecule has 0 fully saturated rings. The maximum absolute atomic E-state index is 12.5. The minimum absolute atomic E-state index is 0.223. The molecule has 0 atom stereocenters. The van der Waals surface area contributed by atoms with Gasteiger partial charge in [0.25, 0.3) is 5.56 Å². The van der Waals surface area contributed by atoms with E-state index in [4.69, 9.17) is 14.2 Å². The first-order valence-corrected chi connectivity index (χ1v) is 11.6. The number of carbonyl (C=O) groups is 2. The van der Waals surface area contributed by atoms with Crippen molar-refractivity contribution in [2.45, 2.75) is 19.8 Å². The summed E-state index contributed by atoms with van der Waals surface area (Å²) in [6, 6.07) is 16.9. The molecule has 2 aromatic heterocycles. The zero-order valence-electron chi connectivity index (χ0n) is 18.8. The Morgan fingerprint density at radius 1 is 0.914 bits per heavy atom. The van der Waals surface area contributed by atoms with Crippen molar-refractivity contribution in [3.8, 4) is 0 Å². The lowest BCUT2D eigenvalue weighted by molar-refractivity contribution is -0.0624. The first-order valence-electron chi connectivity index (χ1n) is 10.7. The second-order valence-corrected chi connectivity index (χ2v) is 8.51. The second kappa shape index (κ2) is 10.9. The van der Waals surface area contributed by atoms with Crippen LogP contribution in [0.4, 0.5) is 0 Å². The molecule has 35 heavy (non-hydrogen) atoms. The number of nitrogens with zero attached hydrogens (tertiary/aromatic N) is 1. The second-order valence-electron chi connectivity index (χ2n) is 7.63. The number of esters is 2. The molecule has 180 valence electrons. The Bertz CT molecular complexity index is 1390. The number of ether oxygens (including phenoxy) is 3. The smallest absolute Gasteiger partial charge is 0.338 e. The number of carbonyl (C=O) groups excluding carboxylic acids is 2. The fourth-order valence-corrected chi connectivity index (χ4v) is 4.30. The van der Waals surface area contributed by atoms with Crippen LogP contribution >= 0.6 is 11.3 Å². The van der Waals surface area contributed by atoms with Crippen molar-refractivity contribution in [3.63, 3.8) is 0 Å². The van der Waals surface area contributed by atoms with Crippen molar-refractivity contribution in [2.24, 2.45) is 0 Å². The number of thiophene rings is 1. The lowest BCUT2D eigenvalue weighted by Gasteiger charge is -2.19. The number of aryl methyl sites for hydroxylation is 1. The molecule has 10 heteroatoms. The van der Waals surface area contributed by atoms with Gasteiger partial charge < -0.3 is 14.2 Å². The predicted octanol–water partition coefficient (Wildman–Crippen LogP) is 3.12. The van der Waals surface area contributed by atoms with E-state index in [2.05, 4.69) is 4.98 Å². The number of hydrogen-bond donors (Lipinski definition) is 1. The molecule has 0 unspecified atom stereocenters. The van der Waals surface area contributed by atoms with Gasteiger partial charge >= 0.3 is 17.6 Å². The van der Waals surface area contributed by atoms with E-state index in [0.29, 0.717) is 21.3 Å². The molecule has 0 bridgehead atoms. The molecule has 2 aromatic carbocycles. The molecular formula is C25H22N2O7S. The monoisotopic (exact) mass is 494 g/mol. The van der Waals surface area contributed by atoms with E-state index in [0.717, 1.165) is 5.56 Å². The molecular weight excluding hydrogens is 472 g/mol. The Morgan fingerprint density at radius 2 is 1.46 bits per heavy atom. The quantitative estimate of drug-likeness (QED) is 0.355. The minimum atomic E-state index is -0.872. The van der Waals surface area contributed by atoms with Crippen LogP contribution in [0.15, 0.2) is 75.6 Å². The highest BCUT2D eigenvalue weighted by molar-refractivity contribution is 7.17. The van der Waals surface area contributed by atoms with Crippen LogP contribution in [0, 0.1) is 6.92 Å². The first kappa shape index (κ1) is 24.1. The Morgan fingerprint density at radius 3 is 2.00 bits per heavy atom. The molecule has 4 rings (SSSR count). The number of aromatic nitrogens is 2. The van der Waals surface area contributed by atoms with Gasteiger partial charge in [-0.25, -0.2) is 14.4 Å². The van der Waals surface area contributed by atoms with Crippen LogP contribution in [0.3, 0.4) is 0 Å². The van der Waals surface area contributed by atoms with E-state index < -0.39 is 29.3 Å². The number of rotatable bonds is 9. The minimum Gasteiger partial charge on any atom is -0.459 e. The van der Waals surface area contributed by atoms with Gasteiger partial charge in [-0.05, 0) is 42.1 Å². The van der Waals surface area contributed by atoms with Crippen LogP contribution in [-0.4, -0.2) is 40.8 Å². The fourth-order valence-electron chi connectivity index (χ4n) is 3.36. The summed E-state index contributed by atoms with van der Waals surface area (Å²) < 4.78 is 18.3. The van der Waals surface area contributed by atoms with E-state index in [1.165, 1.54) is 15.9 Å². The van der Waals surface area contributed by atoms with E-state index in [9.17, 15) is 19.2 Å². The molecule has 2 heterocycles. The van der Waals surface area contributed by atoms with Crippen LogP contribution in [0.25, 0.3) is 10.2 Å². The molecule has 1 N–H and O–H groups in total. The largest absolute Gasteiger partial charge is 0.459 e. The molecule has 0 aliphatic heterocycles. The average molecular weight is 495 g/mol. The maximum atomic E-state index is 12.5. The normalized spacial score (nSPS) is 11.0. The molecule has 0 aliphatic carbocycles. The summed E-state index contributed by atoms with van der Waals surface area (Å²) in [5, 5.41) is 1.77. The number of H-pyrrole nitrogens is 1. The Kier molecular flexibility index (Phi) is 7.54. The summed E-state index contributed by atoms with van der Waals surface area (Å²) in [6.45, 7) is 1.09. The number of fused-ring (bicyclic) bond motifs is 1. The highest BCUT2D eigenvalue weighted by Gasteiger charge is 2.19. The van der Waals surface area contributed by atoms with Crippen molar-refractivity contribution < 1.29 is 23.8 Å². The maximum Gasteiger partial charge on any atom is 0.338 e. The summed E-state index contributed by atoms with van der Waals surface area (Å²) in [5.74, 6) is -1.13. The van der Waals surface area contributed by atoms with Crippen LogP contribution in [0.5, 0.6) is 0 Å². The third kappa shape index (κ3) is 5.73. The van der Waals surface area contributed by atoms with Gasteiger partial charge in [-0.1, -0.05) is 36.4 Å². The lowest BCUT2D eigenvalue weighted by Crippen LogP contribution is -2.34. The highest BCUT2D eigenvalue weighted by atomic mass is 32.1. The van der Waals surface area contributed by atoms with Crippen LogP contribution < -0.4 is 11.2 Å². The molecule has 0 amide bonds. The van der Waals surface area contributed by atoms with Gasteiger partial charge in [0.15, 0.2) is 0 Å². The number of nitrogens with one attached hydrogen (secondary N) is 1. The Hall–Kier alpha value is -4.02. The number of benzene rings is 2. The molecule has 4 aromatic rings. The molecule has 9 nitrogen and oxygen atoms in total. The van der Waals surface area contributed by atoms with Gasteiger partial charge in [0.05, 0.1) is 16.6 Å². The van der Waals surface area contributed by atoms with Crippen LogP contribution in [0.2, 0.25) is 0 Å². The molecule has 0 saturated carbocycles. The van der Waals surface area contributed by atoms with Gasteiger partial charge in [-0.2, -0.15) is 0 Å². The summed E-state index contributed by atoms with van der Waals surface area (Å²) >= 11 is 1.22. The number of aromatic amines is 1. The van der Waals surface area contributed by atoms with Gasteiger partial charge in [-0.15, -0.1) is 11.3 Å². The van der Waals surface area contributed by atoms with Crippen LogP contribution in [0.1, 0.15) is 26.3 Å². The topological polar surface area (TPSA) is 117 Å². The van der Waals surface area contributed by atoms with Crippen molar-refractivity contribution in [2.75, 3.05) is 13.2 Å².